The first kappa shape index (κ1) is 23.5. The van der Waals surface area contributed by atoms with Crippen molar-refractivity contribution >= 4 is 61.4 Å². The summed E-state index contributed by atoms with van der Waals surface area (Å²) >= 11 is 8.85. The van der Waals surface area contributed by atoms with Crippen LogP contribution in [0.25, 0.3) is 0 Å². The quantitative estimate of drug-likeness (QED) is 0.354. The number of benzene rings is 2. The molecule has 0 saturated carbocycles. The van der Waals surface area contributed by atoms with Gasteiger partial charge >= 0.3 is 0 Å². The van der Waals surface area contributed by atoms with Gasteiger partial charge in [-0.3, -0.25) is 14.4 Å². The Morgan fingerprint density at radius 1 is 1.19 bits per heavy atom. The molecule has 2 aromatic carbocycles. The van der Waals surface area contributed by atoms with Gasteiger partial charge in [-0.15, -0.1) is 10.2 Å². The van der Waals surface area contributed by atoms with Gasteiger partial charge in [-0.05, 0) is 37.3 Å². The average molecular weight is 497 g/mol. The van der Waals surface area contributed by atoms with E-state index < -0.39 is 22.5 Å². The highest BCUT2D eigenvalue weighted by Gasteiger charge is 2.27. The second-order valence-electron chi connectivity index (χ2n) is 6.89. The number of aryl methyl sites for hydroxylation is 1. The predicted octanol–water partition coefficient (Wildman–Crippen LogP) is 4.83. The van der Waals surface area contributed by atoms with Crippen molar-refractivity contribution in [1.82, 2.24) is 10.2 Å². The Kier molecular flexibility index (Phi) is 7.58. The lowest BCUT2D eigenvalue weighted by molar-refractivity contribution is -0.114. The Hall–Kier alpha value is -2.14. The summed E-state index contributed by atoms with van der Waals surface area (Å²) in [7, 11) is -4.01. The fraction of sp³-hybridized carbons (Fsp3) is 0.250. The number of anilines is 2. The van der Waals surface area contributed by atoms with Crippen LogP contribution in [0.3, 0.4) is 0 Å². The zero-order valence-corrected chi connectivity index (χ0v) is 20.3. The summed E-state index contributed by atoms with van der Waals surface area (Å²) in [6.45, 7) is 5.49. The molecule has 0 aliphatic heterocycles. The third-order valence-corrected chi connectivity index (χ3v) is 7.93. The van der Waals surface area contributed by atoms with E-state index in [9.17, 15) is 13.2 Å². The molecule has 31 heavy (non-hydrogen) atoms. The van der Waals surface area contributed by atoms with E-state index in [1.165, 1.54) is 41.3 Å². The van der Waals surface area contributed by atoms with Crippen LogP contribution in [-0.4, -0.2) is 36.3 Å². The molecule has 0 unspecified atom stereocenters. The fourth-order valence-electron chi connectivity index (χ4n) is 2.58. The van der Waals surface area contributed by atoms with E-state index in [2.05, 4.69) is 15.5 Å². The second-order valence-corrected chi connectivity index (χ2v) is 12.0. The lowest BCUT2D eigenvalue weighted by atomic mass is 10.2. The van der Waals surface area contributed by atoms with Crippen LogP contribution in [0.2, 0.25) is 5.02 Å². The molecular formula is C20H21ClN4O3S3. The number of carbonyl (C=O) groups is 1. The second kappa shape index (κ2) is 9.99. The van der Waals surface area contributed by atoms with Gasteiger partial charge in [0.05, 0.1) is 10.6 Å². The molecule has 164 valence electrons. The van der Waals surface area contributed by atoms with Gasteiger partial charge in [0.25, 0.3) is 10.0 Å². The first-order chi connectivity index (χ1) is 14.6. The SMILES string of the molecule is Cc1ccc(S(=O)(=O)N(CC(=O)Nc2nnc(SC(C)C)s2)c2cccc(Cl)c2)cc1. The number of carbonyl (C=O) groups excluding carboxylic acids is 1. The molecule has 0 radical (unpaired) electrons. The van der Waals surface area contributed by atoms with Crippen molar-refractivity contribution in [3.8, 4) is 0 Å². The van der Waals surface area contributed by atoms with Gasteiger partial charge in [0, 0.05) is 10.3 Å². The highest BCUT2D eigenvalue weighted by Crippen LogP contribution is 2.29. The van der Waals surface area contributed by atoms with Crippen LogP contribution in [0.5, 0.6) is 0 Å². The van der Waals surface area contributed by atoms with E-state index in [-0.39, 0.29) is 10.6 Å². The van der Waals surface area contributed by atoms with Crippen LogP contribution >= 0.6 is 34.7 Å². The van der Waals surface area contributed by atoms with Crippen LogP contribution in [0.15, 0.2) is 57.8 Å². The molecule has 0 saturated heterocycles. The molecule has 1 heterocycles. The molecule has 1 aromatic heterocycles. The number of nitrogens with zero attached hydrogens (tertiary/aromatic N) is 3. The minimum absolute atomic E-state index is 0.0809. The predicted molar refractivity (Wildman–Crippen MR) is 127 cm³/mol. The lowest BCUT2D eigenvalue weighted by Crippen LogP contribution is -2.38. The van der Waals surface area contributed by atoms with Gasteiger partial charge in [0.2, 0.25) is 11.0 Å². The number of sulfonamides is 1. The summed E-state index contributed by atoms with van der Waals surface area (Å²) in [5, 5.41) is 11.6. The van der Waals surface area contributed by atoms with Crippen LogP contribution in [0.1, 0.15) is 19.4 Å². The minimum Gasteiger partial charge on any atom is -0.299 e. The van der Waals surface area contributed by atoms with E-state index in [1.807, 2.05) is 20.8 Å². The average Bonchev–Trinajstić information content (AvgIpc) is 3.12. The first-order valence-electron chi connectivity index (χ1n) is 9.30. The van der Waals surface area contributed by atoms with Crippen LogP contribution in [-0.2, 0) is 14.8 Å². The third-order valence-electron chi connectivity index (χ3n) is 3.98. The molecular weight excluding hydrogens is 476 g/mol. The summed E-state index contributed by atoms with van der Waals surface area (Å²) in [5.74, 6) is -0.534. The van der Waals surface area contributed by atoms with E-state index in [0.29, 0.717) is 15.4 Å². The molecule has 0 atom stereocenters. The first-order valence-corrected chi connectivity index (χ1v) is 12.8. The topological polar surface area (TPSA) is 92.3 Å². The summed E-state index contributed by atoms with van der Waals surface area (Å²) in [6, 6.07) is 12.8. The monoisotopic (exact) mass is 496 g/mol. The van der Waals surface area contributed by atoms with Gasteiger partial charge in [-0.2, -0.15) is 0 Å². The largest absolute Gasteiger partial charge is 0.299 e. The van der Waals surface area contributed by atoms with Crippen molar-refractivity contribution in [3.63, 3.8) is 0 Å². The Balaban J connectivity index is 1.87. The van der Waals surface area contributed by atoms with Crippen molar-refractivity contribution in [2.75, 3.05) is 16.2 Å². The van der Waals surface area contributed by atoms with Crippen molar-refractivity contribution in [2.24, 2.45) is 0 Å². The molecule has 0 spiro atoms. The Labute approximate surface area is 194 Å². The van der Waals surface area contributed by atoms with Crippen LogP contribution in [0.4, 0.5) is 10.8 Å². The molecule has 11 heteroatoms. The number of thioether (sulfide) groups is 1. The maximum atomic E-state index is 13.3. The lowest BCUT2D eigenvalue weighted by Gasteiger charge is -2.24. The number of rotatable bonds is 8. The molecule has 0 aliphatic carbocycles. The Bertz CT molecular complexity index is 1160. The number of amides is 1. The highest BCUT2D eigenvalue weighted by molar-refractivity contribution is 8.01. The van der Waals surface area contributed by atoms with Gasteiger partial charge < -0.3 is 0 Å². The normalized spacial score (nSPS) is 11.5. The smallest absolute Gasteiger partial charge is 0.264 e. The van der Waals surface area contributed by atoms with Crippen LogP contribution < -0.4 is 9.62 Å². The number of halogens is 1. The summed E-state index contributed by atoms with van der Waals surface area (Å²) < 4.78 is 28.4. The van der Waals surface area contributed by atoms with Gasteiger partial charge in [0.1, 0.15) is 6.54 Å². The molecule has 0 aliphatic rings. The van der Waals surface area contributed by atoms with E-state index >= 15 is 0 Å². The summed E-state index contributed by atoms with van der Waals surface area (Å²) in [5.41, 5.74) is 1.22. The van der Waals surface area contributed by atoms with Crippen molar-refractivity contribution in [3.05, 3.63) is 59.1 Å². The molecule has 0 fully saturated rings. The maximum absolute atomic E-state index is 13.3. The number of hydrogen-bond donors (Lipinski definition) is 1. The molecule has 7 nitrogen and oxygen atoms in total. The van der Waals surface area contributed by atoms with Gasteiger partial charge in [-0.1, -0.05) is 72.3 Å². The van der Waals surface area contributed by atoms with Crippen molar-refractivity contribution < 1.29 is 13.2 Å². The fourth-order valence-corrected chi connectivity index (χ4v) is 6.17. The van der Waals surface area contributed by atoms with Crippen molar-refractivity contribution in [2.45, 2.75) is 35.3 Å². The maximum Gasteiger partial charge on any atom is 0.264 e. The number of nitrogens with one attached hydrogen (secondary N) is 1. The molecule has 3 rings (SSSR count). The number of hydrogen-bond acceptors (Lipinski definition) is 7. The Morgan fingerprint density at radius 3 is 2.55 bits per heavy atom. The summed E-state index contributed by atoms with van der Waals surface area (Å²) in [4.78, 5) is 12.8. The van der Waals surface area contributed by atoms with Gasteiger partial charge in [-0.25, -0.2) is 8.42 Å². The van der Waals surface area contributed by atoms with Crippen molar-refractivity contribution in [1.29, 1.82) is 0 Å². The molecule has 1 N–H and O–H groups in total. The van der Waals surface area contributed by atoms with E-state index in [1.54, 1.807) is 30.3 Å². The van der Waals surface area contributed by atoms with Gasteiger partial charge in [0.15, 0.2) is 4.34 Å². The van der Waals surface area contributed by atoms with E-state index in [4.69, 9.17) is 11.6 Å². The summed E-state index contributed by atoms with van der Waals surface area (Å²) in [6.07, 6.45) is 0. The number of aromatic nitrogens is 2. The minimum atomic E-state index is -4.01. The Morgan fingerprint density at radius 2 is 1.90 bits per heavy atom. The zero-order chi connectivity index (χ0) is 22.6. The highest BCUT2D eigenvalue weighted by atomic mass is 35.5. The molecule has 0 bridgehead atoms. The van der Waals surface area contributed by atoms with Crippen LogP contribution in [0, 0.1) is 6.92 Å². The van der Waals surface area contributed by atoms with E-state index in [0.717, 1.165) is 14.2 Å². The molecule has 1 amide bonds. The standard InChI is InChI=1S/C20H21ClN4O3S3/c1-13(2)29-20-24-23-19(30-20)22-18(26)12-25(16-6-4-5-15(21)11-16)31(27,28)17-9-7-14(3)8-10-17/h4-11,13H,12H2,1-3H3,(H,22,23,26). The zero-order valence-electron chi connectivity index (χ0n) is 17.1. The third kappa shape index (κ3) is 6.19. The molecule has 3 aromatic rings.